The largest absolute Gasteiger partial charge is 0.364 e. The second-order valence-electron chi connectivity index (χ2n) is 4.66. The first-order valence-corrected chi connectivity index (χ1v) is 7.24. The van der Waals surface area contributed by atoms with E-state index in [0.717, 1.165) is 12.1 Å². The van der Waals surface area contributed by atoms with Gasteiger partial charge in [-0.25, -0.2) is 9.97 Å². The molecule has 1 heterocycles. The Morgan fingerprint density at radius 2 is 1.95 bits per heavy atom. The predicted octanol–water partition coefficient (Wildman–Crippen LogP) is 3.36. The Balaban J connectivity index is 2.50. The van der Waals surface area contributed by atoms with Gasteiger partial charge in [0.05, 0.1) is 4.92 Å². The highest BCUT2D eigenvalue weighted by Gasteiger charge is 2.26. The summed E-state index contributed by atoms with van der Waals surface area (Å²) in [5.41, 5.74) is 0.759. The van der Waals surface area contributed by atoms with Crippen molar-refractivity contribution in [2.24, 2.45) is 0 Å². The molecule has 1 aromatic heterocycles. The molecule has 0 saturated heterocycles. The van der Waals surface area contributed by atoms with Crippen LogP contribution in [-0.2, 0) is 0 Å². The Labute approximate surface area is 129 Å². The third-order valence-electron chi connectivity index (χ3n) is 3.17. The van der Waals surface area contributed by atoms with Gasteiger partial charge in [0.15, 0.2) is 0 Å². The zero-order valence-corrected chi connectivity index (χ0v) is 12.7. The number of rotatable bonds is 7. The monoisotopic (exact) mass is 301 g/mol. The van der Waals surface area contributed by atoms with E-state index in [9.17, 15) is 10.1 Å². The highest BCUT2D eigenvalue weighted by Crippen LogP contribution is 2.35. The molecule has 0 bridgehead atoms. The van der Waals surface area contributed by atoms with Gasteiger partial charge in [-0.2, -0.15) is 0 Å². The van der Waals surface area contributed by atoms with E-state index in [1.807, 2.05) is 44.2 Å². The number of anilines is 3. The summed E-state index contributed by atoms with van der Waals surface area (Å²) in [6.07, 6.45) is 2.21. The van der Waals surface area contributed by atoms with Crippen LogP contribution in [0.25, 0.3) is 0 Å². The summed E-state index contributed by atoms with van der Waals surface area (Å²) in [4.78, 5) is 21.1. The molecule has 2 rings (SSSR count). The van der Waals surface area contributed by atoms with Crippen LogP contribution in [-0.4, -0.2) is 28.0 Å². The Morgan fingerprint density at radius 1 is 1.23 bits per heavy atom. The van der Waals surface area contributed by atoms with Crippen LogP contribution in [0.4, 0.5) is 23.0 Å². The first kappa shape index (κ1) is 15.7. The molecule has 0 saturated carbocycles. The van der Waals surface area contributed by atoms with Crippen molar-refractivity contribution in [1.29, 1.82) is 0 Å². The van der Waals surface area contributed by atoms with Gasteiger partial charge in [0, 0.05) is 18.8 Å². The molecular weight excluding hydrogens is 282 g/mol. The average molecular weight is 301 g/mol. The number of aromatic nitrogens is 2. The number of hydrogen-bond donors (Lipinski definition) is 1. The molecule has 2 aromatic rings. The van der Waals surface area contributed by atoms with Crippen LogP contribution >= 0.6 is 0 Å². The Kier molecular flexibility index (Phi) is 5.24. The van der Waals surface area contributed by atoms with Gasteiger partial charge < -0.3 is 10.2 Å². The van der Waals surface area contributed by atoms with E-state index in [4.69, 9.17) is 0 Å². The second-order valence-corrected chi connectivity index (χ2v) is 4.66. The van der Waals surface area contributed by atoms with E-state index >= 15 is 0 Å². The normalized spacial score (nSPS) is 10.3. The van der Waals surface area contributed by atoms with Gasteiger partial charge in [-0.15, -0.1) is 0 Å². The maximum Gasteiger partial charge on any atom is 0.353 e. The van der Waals surface area contributed by atoms with Gasteiger partial charge in [-0.3, -0.25) is 10.1 Å². The highest BCUT2D eigenvalue weighted by atomic mass is 16.6. The number of benzene rings is 1. The minimum absolute atomic E-state index is 0.0957. The van der Waals surface area contributed by atoms with E-state index in [1.165, 1.54) is 6.33 Å². The molecular formula is C15H19N5O2. The topological polar surface area (TPSA) is 84.2 Å². The minimum atomic E-state index is -0.432. The second kappa shape index (κ2) is 7.35. The zero-order chi connectivity index (χ0) is 15.9. The predicted molar refractivity (Wildman–Crippen MR) is 86.6 cm³/mol. The van der Waals surface area contributed by atoms with Gasteiger partial charge >= 0.3 is 5.69 Å². The summed E-state index contributed by atoms with van der Waals surface area (Å²) in [7, 11) is 0. The first-order valence-electron chi connectivity index (χ1n) is 7.24. The molecule has 0 fully saturated rings. The van der Waals surface area contributed by atoms with Crippen molar-refractivity contribution in [1.82, 2.24) is 9.97 Å². The van der Waals surface area contributed by atoms with Gasteiger partial charge in [0.25, 0.3) is 0 Å². The van der Waals surface area contributed by atoms with E-state index in [-0.39, 0.29) is 11.5 Å². The van der Waals surface area contributed by atoms with Crippen LogP contribution in [0.2, 0.25) is 0 Å². The minimum Gasteiger partial charge on any atom is -0.364 e. The zero-order valence-electron chi connectivity index (χ0n) is 12.7. The van der Waals surface area contributed by atoms with Gasteiger partial charge in [-0.05, 0) is 25.5 Å². The Hall–Kier alpha value is -2.70. The van der Waals surface area contributed by atoms with Crippen molar-refractivity contribution in [3.8, 4) is 0 Å². The molecule has 0 amide bonds. The number of nitrogens with zero attached hydrogens (tertiary/aromatic N) is 4. The lowest BCUT2D eigenvalue weighted by Crippen LogP contribution is -2.20. The summed E-state index contributed by atoms with van der Waals surface area (Å²) in [6.45, 7) is 5.10. The van der Waals surface area contributed by atoms with Gasteiger partial charge in [0.1, 0.15) is 6.33 Å². The van der Waals surface area contributed by atoms with Crippen molar-refractivity contribution in [2.45, 2.75) is 20.3 Å². The third-order valence-corrected chi connectivity index (χ3v) is 3.17. The van der Waals surface area contributed by atoms with E-state index in [1.54, 1.807) is 4.90 Å². The summed E-state index contributed by atoms with van der Waals surface area (Å²) >= 11 is 0. The SMILES string of the molecule is CCCNc1ncnc(N(CC)c2ccccc2)c1[N+](=O)[O-]. The molecule has 7 nitrogen and oxygen atoms in total. The maximum atomic E-state index is 11.5. The fraction of sp³-hybridized carbons (Fsp3) is 0.333. The maximum absolute atomic E-state index is 11.5. The smallest absolute Gasteiger partial charge is 0.353 e. The van der Waals surface area contributed by atoms with Gasteiger partial charge in [0.2, 0.25) is 11.6 Å². The van der Waals surface area contributed by atoms with Crippen molar-refractivity contribution >= 4 is 23.0 Å². The number of nitrogens with one attached hydrogen (secondary N) is 1. The number of para-hydroxylation sites is 1. The fourth-order valence-electron chi connectivity index (χ4n) is 2.17. The quantitative estimate of drug-likeness (QED) is 0.623. The summed E-state index contributed by atoms with van der Waals surface area (Å²) in [5.74, 6) is 0.554. The third kappa shape index (κ3) is 3.30. The summed E-state index contributed by atoms with van der Waals surface area (Å²) in [6, 6.07) is 9.48. The van der Waals surface area contributed by atoms with E-state index in [2.05, 4.69) is 15.3 Å². The first-order chi connectivity index (χ1) is 10.7. The molecule has 1 aromatic carbocycles. The van der Waals surface area contributed by atoms with E-state index in [0.29, 0.717) is 18.9 Å². The standard InChI is InChI=1S/C15H19N5O2/c1-3-10-16-14-13(20(21)22)15(18-11-17-14)19(4-2)12-8-6-5-7-9-12/h5-9,11H,3-4,10H2,1-2H3,(H,16,17,18). The molecule has 0 unspecified atom stereocenters. The molecule has 0 aliphatic carbocycles. The molecule has 22 heavy (non-hydrogen) atoms. The van der Waals surface area contributed by atoms with Crippen LogP contribution in [0, 0.1) is 10.1 Å². The van der Waals surface area contributed by atoms with Crippen molar-refractivity contribution in [3.05, 3.63) is 46.8 Å². The molecule has 0 aliphatic rings. The molecule has 0 aliphatic heterocycles. The molecule has 116 valence electrons. The number of hydrogen-bond acceptors (Lipinski definition) is 6. The molecule has 1 N–H and O–H groups in total. The summed E-state index contributed by atoms with van der Waals surface area (Å²) < 4.78 is 0. The highest BCUT2D eigenvalue weighted by molar-refractivity contribution is 5.75. The lowest BCUT2D eigenvalue weighted by Gasteiger charge is -2.22. The van der Waals surface area contributed by atoms with Crippen molar-refractivity contribution in [3.63, 3.8) is 0 Å². The molecule has 0 atom stereocenters. The van der Waals surface area contributed by atoms with Crippen LogP contribution in [0.3, 0.4) is 0 Å². The van der Waals surface area contributed by atoms with Crippen LogP contribution in [0.5, 0.6) is 0 Å². The Morgan fingerprint density at radius 3 is 2.55 bits per heavy atom. The molecule has 0 radical (unpaired) electrons. The van der Waals surface area contributed by atoms with Gasteiger partial charge in [-0.1, -0.05) is 25.1 Å². The lowest BCUT2D eigenvalue weighted by atomic mass is 10.2. The van der Waals surface area contributed by atoms with Crippen molar-refractivity contribution < 1.29 is 4.92 Å². The van der Waals surface area contributed by atoms with Crippen LogP contribution < -0.4 is 10.2 Å². The fourth-order valence-corrected chi connectivity index (χ4v) is 2.17. The van der Waals surface area contributed by atoms with Crippen LogP contribution in [0.15, 0.2) is 36.7 Å². The van der Waals surface area contributed by atoms with E-state index < -0.39 is 4.92 Å². The molecule has 7 heteroatoms. The van der Waals surface area contributed by atoms with Crippen molar-refractivity contribution in [2.75, 3.05) is 23.3 Å². The molecule has 0 spiro atoms. The number of nitro groups is 1. The van der Waals surface area contributed by atoms with Crippen LogP contribution in [0.1, 0.15) is 20.3 Å². The Bertz CT molecular complexity index is 633. The summed E-state index contributed by atoms with van der Waals surface area (Å²) in [5, 5.41) is 14.5. The average Bonchev–Trinajstić information content (AvgIpc) is 2.54. The lowest BCUT2D eigenvalue weighted by molar-refractivity contribution is -0.383.